The van der Waals surface area contributed by atoms with Gasteiger partial charge in [0.1, 0.15) is 5.60 Å². The highest BCUT2D eigenvalue weighted by Crippen LogP contribution is 2.16. The number of aromatic nitrogens is 2. The summed E-state index contributed by atoms with van der Waals surface area (Å²) in [6, 6.07) is 2.86. The average molecular weight is 473 g/mol. The second-order valence-corrected chi connectivity index (χ2v) is 8.08. The van der Waals surface area contributed by atoms with Gasteiger partial charge in [-0.15, -0.1) is 0 Å². The fraction of sp³-hybridized carbons (Fsp3) is 0.412. The van der Waals surface area contributed by atoms with E-state index in [0.717, 1.165) is 8.14 Å². The maximum Gasteiger partial charge on any atom is 0.407 e. The molecule has 0 aliphatic rings. The Hall–Kier alpha value is -2.17. The van der Waals surface area contributed by atoms with Crippen molar-refractivity contribution < 1.29 is 19.4 Å². The van der Waals surface area contributed by atoms with Crippen molar-refractivity contribution in [3.05, 3.63) is 38.5 Å². The number of aliphatic carboxylic acids is 1. The number of carboxylic acid groups (broad SMARTS) is 1. The van der Waals surface area contributed by atoms with Crippen molar-refractivity contribution >= 4 is 45.6 Å². The minimum Gasteiger partial charge on any atom is -0.480 e. The number of carbonyl (C=O) groups excluding carboxylic acids is 1. The first-order chi connectivity index (χ1) is 12.0. The highest BCUT2D eigenvalue weighted by molar-refractivity contribution is 14.1. The average Bonchev–Trinajstić information content (AvgIpc) is 2.47. The smallest absolute Gasteiger partial charge is 0.407 e. The van der Waals surface area contributed by atoms with Gasteiger partial charge in [-0.05, 0) is 68.5 Å². The standard InChI is InChI=1S/C17H20IN3O5/c1-9(20-16(25)26-17(2,3)4)13(15(23)24)21-8-19-12-7-10(18)5-6-11(12)14(21)22/h5-9,13H,1-4H3,(H,20,25)(H,23,24). The van der Waals surface area contributed by atoms with E-state index in [9.17, 15) is 19.5 Å². The first-order valence-electron chi connectivity index (χ1n) is 7.88. The van der Waals surface area contributed by atoms with E-state index < -0.39 is 35.3 Å². The number of carboxylic acids is 1. The largest absolute Gasteiger partial charge is 0.480 e. The zero-order chi connectivity index (χ0) is 19.6. The van der Waals surface area contributed by atoms with Crippen LogP contribution in [0.3, 0.4) is 0 Å². The number of alkyl carbamates (subject to hydrolysis) is 1. The molecule has 1 amide bonds. The molecule has 2 N–H and O–H groups in total. The number of hydrogen-bond donors (Lipinski definition) is 2. The number of halogens is 1. The SMILES string of the molecule is CC(NC(=O)OC(C)(C)C)C(C(=O)O)n1cnc2cc(I)ccc2c1=O. The second kappa shape index (κ2) is 7.60. The van der Waals surface area contributed by atoms with Crippen LogP contribution in [0.15, 0.2) is 29.3 Å². The fourth-order valence-electron chi connectivity index (χ4n) is 2.45. The van der Waals surface area contributed by atoms with Crippen LogP contribution in [0.1, 0.15) is 33.7 Å². The Morgan fingerprint density at radius 3 is 2.58 bits per heavy atom. The Bertz CT molecular complexity index is 903. The van der Waals surface area contributed by atoms with Crippen LogP contribution in [0.5, 0.6) is 0 Å². The van der Waals surface area contributed by atoms with Crippen LogP contribution >= 0.6 is 22.6 Å². The maximum absolute atomic E-state index is 12.7. The second-order valence-electron chi connectivity index (χ2n) is 6.84. The molecule has 0 aliphatic heterocycles. The van der Waals surface area contributed by atoms with Gasteiger partial charge < -0.3 is 15.2 Å². The van der Waals surface area contributed by atoms with Gasteiger partial charge in [-0.1, -0.05) is 0 Å². The van der Waals surface area contributed by atoms with Crippen LogP contribution in [-0.2, 0) is 9.53 Å². The lowest BCUT2D eigenvalue weighted by molar-refractivity contribution is -0.141. The first-order valence-corrected chi connectivity index (χ1v) is 8.96. The molecule has 26 heavy (non-hydrogen) atoms. The number of hydrogen-bond acceptors (Lipinski definition) is 5. The molecule has 0 spiro atoms. The molecule has 2 rings (SSSR count). The third-order valence-corrected chi connectivity index (χ3v) is 4.19. The summed E-state index contributed by atoms with van der Waals surface area (Å²) < 4.78 is 7.07. The van der Waals surface area contributed by atoms with Crippen LogP contribution in [0.2, 0.25) is 0 Å². The lowest BCUT2D eigenvalue weighted by atomic mass is 10.1. The summed E-state index contributed by atoms with van der Waals surface area (Å²) in [5.41, 5.74) is -0.729. The molecule has 2 atom stereocenters. The van der Waals surface area contributed by atoms with Crippen molar-refractivity contribution in [1.82, 2.24) is 14.9 Å². The number of ether oxygens (including phenoxy) is 1. The molecule has 0 aliphatic carbocycles. The predicted octanol–water partition coefficient (Wildman–Crippen LogP) is 2.54. The Morgan fingerprint density at radius 2 is 2.00 bits per heavy atom. The van der Waals surface area contributed by atoms with E-state index in [1.807, 2.05) is 0 Å². The summed E-state index contributed by atoms with van der Waals surface area (Å²) in [5.74, 6) is -1.26. The van der Waals surface area contributed by atoms with Crippen LogP contribution in [0.4, 0.5) is 4.79 Å². The predicted molar refractivity (Wildman–Crippen MR) is 104 cm³/mol. The van der Waals surface area contributed by atoms with Crippen molar-refractivity contribution in [1.29, 1.82) is 0 Å². The Balaban J connectivity index is 2.38. The number of carbonyl (C=O) groups is 2. The van der Waals surface area contributed by atoms with Gasteiger partial charge in [0, 0.05) is 3.57 Å². The van der Waals surface area contributed by atoms with Crippen LogP contribution in [0, 0.1) is 3.57 Å². The summed E-state index contributed by atoms with van der Waals surface area (Å²) >= 11 is 2.10. The van der Waals surface area contributed by atoms with Gasteiger partial charge in [0.05, 0.1) is 23.3 Å². The van der Waals surface area contributed by atoms with Gasteiger partial charge in [-0.2, -0.15) is 0 Å². The molecule has 0 bridgehead atoms. The van der Waals surface area contributed by atoms with Gasteiger partial charge in [-0.3, -0.25) is 9.36 Å². The number of amides is 1. The van der Waals surface area contributed by atoms with Gasteiger partial charge in [0.25, 0.3) is 5.56 Å². The molecule has 9 heteroatoms. The van der Waals surface area contributed by atoms with Crippen LogP contribution in [0.25, 0.3) is 10.9 Å². The molecule has 8 nitrogen and oxygen atoms in total. The molecule has 0 saturated carbocycles. The molecular weight excluding hydrogens is 453 g/mol. The zero-order valence-corrected chi connectivity index (χ0v) is 17.0. The Labute approximate surface area is 163 Å². The summed E-state index contributed by atoms with van der Waals surface area (Å²) in [6.07, 6.45) is 0.430. The molecule has 1 aromatic heterocycles. The number of fused-ring (bicyclic) bond motifs is 1. The summed E-state index contributed by atoms with van der Waals surface area (Å²) in [4.78, 5) is 40.6. The molecular formula is C17H20IN3O5. The quantitative estimate of drug-likeness (QED) is 0.661. The van der Waals surface area contributed by atoms with Gasteiger partial charge in [0.15, 0.2) is 6.04 Å². The van der Waals surface area contributed by atoms with E-state index in [0.29, 0.717) is 10.9 Å². The van der Waals surface area contributed by atoms with Crippen molar-refractivity contribution in [2.75, 3.05) is 0 Å². The van der Waals surface area contributed by atoms with Crippen molar-refractivity contribution in [2.24, 2.45) is 0 Å². The Morgan fingerprint density at radius 1 is 1.35 bits per heavy atom. The summed E-state index contributed by atoms with van der Waals surface area (Å²) in [7, 11) is 0. The molecule has 2 aromatic rings. The minimum atomic E-state index is -1.33. The van der Waals surface area contributed by atoms with E-state index in [1.165, 1.54) is 13.3 Å². The van der Waals surface area contributed by atoms with E-state index in [1.54, 1.807) is 39.0 Å². The van der Waals surface area contributed by atoms with Crippen LogP contribution < -0.4 is 10.9 Å². The molecule has 0 radical (unpaired) electrons. The first kappa shape index (κ1) is 20.1. The molecule has 140 valence electrons. The highest BCUT2D eigenvalue weighted by atomic mass is 127. The fourth-order valence-corrected chi connectivity index (χ4v) is 2.93. The lowest BCUT2D eigenvalue weighted by Gasteiger charge is -2.25. The summed E-state index contributed by atoms with van der Waals surface area (Å²) in [6.45, 7) is 6.59. The number of benzene rings is 1. The summed E-state index contributed by atoms with van der Waals surface area (Å²) in [5, 5.41) is 12.4. The topological polar surface area (TPSA) is 111 Å². The van der Waals surface area contributed by atoms with Crippen molar-refractivity contribution in [2.45, 2.75) is 45.4 Å². The van der Waals surface area contributed by atoms with Crippen LogP contribution in [-0.4, -0.2) is 38.4 Å². The van der Waals surface area contributed by atoms with E-state index >= 15 is 0 Å². The monoisotopic (exact) mass is 473 g/mol. The van der Waals surface area contributed by atoms with Gasteiger partial charge in [0.2, 0.25) is 0 Å². The lowest BCUT2D eigenvalue weighted by Crippen LogP contribution is -2.46. The Kier molecular flexibility index (Phi) is 5.89. The molecule has 0 saturated heterocycles. The third kappa shape index (κ3) is 4.71. The normalized spacial score (nSPS) is 13.9. The van der Waals surface area contributed by atoms with Crippen molar-refractivity contribution in [3.63, 3.8) is 0 Å². The number of rotatable bonds is 4. The van der Waals surface area contributed by atoms with Gasteiger partial charge in [-0.25, -0.2) is 14.6 Å². The molecule has 1 heterocycles. The van der Waals surface area contributed by atoms with Crippen molar-refractivity contribution in [3.8, 4) is 0 Å². The molecule has 2 unspecified atom stereocenters. The number of nitrogens with zero attached hydrogens (tertiary/aromatic N) is 2. The van der Waals surface area contributed by atoms with Gasteiger partial charge >= 0.3 is 12.1 Å². The molecule has 1 aromatic carbocycles. The minimum absolute atomic E-state index is 0.309. The van der Waals surface area contributed by atoms with E-state index in [-0.39, 0.29) is 0 Å². The molecule has 0 fully saturated rings. The number of nitrogens with one attached hydrogen (secondary N) is 1. The van der Waals surface area contributed by atoms with E-state index in [2.05, 4.69) is 32.9 Å². The maximum atomic E-state index is 12.7. The zero-order valence-electron chi connectivity index (χ0n) is 14.8. The highest BCUT2D eigenvalue weighted by Gasteiger charge is 2.30. The third-order valence-electron chi connectivity index (χ3n) is 3.52. The van der Waals surface area contributed by atoms with E-state index in [4.69, 9.17) is 4.74 Å².